The Balaban J connectivity index is 1.81. The van der Waals surface area contributed by atoms with Crippen LogP contribution in [0.2, 0.25) is 0 Å². The van der Waals surface area contributed by atoms with Crippen molar-refractivity contribution in [1.82, 2.24) is 9.80 Å². The number of hydrogen-bond donors (Lipinski definition) is 0. The van der Waals surface area contributed by atoms with Crippen LogP contribution in [0.25, 0.3) is 0 Å². The Morgan fingerprint density at radius 3 is 2.22 bits per heavy atom. The maximum absolute atomic E-state index is 12.0. The van der Waals surface area contributed by atoms with Crippen molar-refractivity contribution < 1.29 is 14.3 Å². The van der Waals surface area contributed by atoms with Gasteiger partial charge in [0.2, 0.25) is 5.91 Å². The molecule has 2 saturated carbocycles. The van der Waals surface area contributed by atoms with Gasteiger partial charge >= 0.3 is 5.97 Å². The average Bonchev–Trinajstić information content (AvgIpc) is 3.18. The standard InChI is InChI=1S/C13H22N2O3/c1-3-18-13(17)9-15(11-6-7-11)8-12(16)14(2)10-4-5-10/h10-11H,3-9H2,1-2H3. The molecule has 0 aliphatic heterocycles. The van der Waals surface area contributed by atoms with Crippen LogP contribution in [0.5, 0.6) is 0 Å². The Morgan fingerprint density at radius 2 is 1.72 bits per heavy atom. The van der Waals surface area contributed by atoms with Gasteiger partial charge in [-0.2, -0.15) is 0 Å². The predicted octanol–water partition coefficient (Wildman–Crippen LogP) is 0.635. The summed E-state index contributed by atoms with van der Waals surface area (Å²) in [5, 5.41) is 0. The van der Waals surface area contributed by atoms with Crippen LogP contribution in [-0.2, 0) is 14.3 Å². The first-order valence-corrected chi connectivity index (χ1v) is 6.77. The van der Waals surface area contributed by atoms with E-state index < -0.39 is 0 Å². The van der Waals surface area contributed by atoms with E-state index in [4.69, 9.17) is 4.74 Å². The van der Waals surface area contributed by atoms with Gasteiger partial charge in [-0.15, -0.1) is 0 Å². The van der Waals surface area contributed by atoms with Crippen molar-refractivity contribution >= 4 is 11.9 Å². The molecule has 2 fully saturated rings. The van der Waals surface area contributed by atoms with Crippen LogP contribution < -0.4 is 0 Å². The maximum atomic E-state index is 12.0. The fraction of sp³-hybridized carbons (Fsp3) is 0.846. The van der Waals surface area contributed by atoms with Crippen LogP contribution >= 0.6 is 0 Å². The molecule has 0 heterocycles. The molecule has 0 atom stereocenters. The van der Waals surface area contributed by atoms with Gasteiger partial charge in [-0.1, -0.05) is 0 Å². The smallest absolute Gasteiger partial charge is 0.320 e. The molecule has 0 aromatic heterocycles. The summed E-state index contributed by atoms with van der Waals surface area (Å²) in [4.78, 5) is 27.3. The van der Waals surface area contributed by atoms with Gasteiger partial charge < -0.3 is 9.64 Å². The van der Waals surface area contributed by atoms with E-state index in [-0.39, 0.29) is 18.4 Å². The molecule has 0 N–H and O–H groups in total. The Bertz CT molecular complexity index is 324. The molecule has 5 nitrogen and oxygen atoms in total. The minimum Gasteiger partial charge on any atom is -0.465 e. The Hall–Kier alpha value is -1.10. The van der Waals surface area contributed by atoms with Crippen molar-refractivity contribution in [2.45, 2.75) is 44.7 Å². The minimum absolute atomic E-state index is 0.119. The summed E-state index contributed by atoms with van der Waals surface area (Å²) in [7, 11) is 1.86. The number of carbonyl (C=O) groups is 2. The molecule has 0 aromatic carbocycles. The minimum atomic E-state index is -0.230. The van der Waals surface area contributed by atoms with Crippen molar-refractivity contribution in [2.24, 2.45) is 0 Å². The number of rotatable bonds is 7. The highest BCUT2D eigenvalue weighted by molar-refractivity contribution is 5.80. The summed E-state index contributed by atoms with van der Waals surface area (Å²) in [6.07, 6.45) is 4.40. The molecule has 1 amide bonds. The lowest BCUT2D eigenvalue weighted by Gasteiger charge is -2.24. The van der Waals surface area contributed by atoms with E-state index >= 15 is 0 Å². The maximum Gasteiger partial charge on any atom is 0.320 e. The van der Waals surface area contributed by atoms with E-state index in [0.29, 0.717) is 25.2 Å². The highest BCUT2D eigenvalue weighted by Crippen LogP contribution is 2.28. The summed E-state index contributed by atoms with van der Waals surface area (Å²) in [6.45, 7) is 2.78. The van der Waals surface area contributed by atoms with E-state index in [0.717, 1.165) is 25.7 Å². The molecule has 5 heteroatoms. The summed E-state index contributed by atoms with van der Waals surface area (Å²) in [5.41, 5.74) is 0. The van der Waals surface area contributed by atoms with Gasteiger partial charge in [0.15, 0.2) is 0 Å². The van der Waals surface area contributed by atoms with E-state index in [1.165, 1.54) is 0 Å². The Kier molecular flexibility index (Phi) is 4.22. The molecule has 0 bridgehead atoms. The van der Waals surface area contributed by atoms with Crippen LogP contribution in [0.15, 0.2) is 0 Å². The number of amides is 1. The third kappa shape index (κ3) is 3.70. The summed E-state index contributed by atoms with van der Waals surface area (Å²) in [6, 6.07) is 0.826. The van der Waals surface area contributed by atoms with Crippen molar-refractivity contribution in [3.05, 3.63) is 0 Å². The Morgan fingerprint density at radius 1 is 1.11 bits per heavy atom. The average molecular weight is 254 g/mol. The summed E-state index contributed by atoms with van der Waals surface area (Å²) < 4.78 is 4.95. The first kappa shape index (κ1) is 13.3. The second-order valence-corrected chi connectivity index (χ2v) is 5.18. The molecule has 2 rings (SSSR count). The zero-order valence-corrected chi connectivity index (χ0v) is 11.2. The zero-order valence-electron chi connectivity index (χ0n) is 11.2. The van der Waals surface area contributed by atoms with E-state index in [1.54, 1.807) is 6.92 Å². The van der Waals surface area contributed by atoms with Crippen molar-refractivity contribution in [3.63, 3.8) is 0 Å². The largest absolute Gasteiger partial charge is 0.465 e. The number of likely N-dealkylation sites (N-methyl/N-ethyl adjacent to an activating group) is 1. The molecule has 102 valence electrons. The molecule has 0 spiro atoms. The third-order valence-corrected chi connectivity index (χ3v) is 3.53. The normalized spacial score (nSPS) is 18.8. The fourth-order valence-corrected chi connectivity index (χ4v) is 2.08. The highest BCUT2D eigenvalue weighted by atomic mass is 16.5. The molecule has 0 radical (unpaired) electrons. The lowest BCUT2D eigenvalue weighted by atomic mass is 10.4. The molecule has 2 aliphatic carbocycles. The number of nitrogens with zero attached hydrogens (tertiary/aromatic N) is 2. The van der Waals surface area contributed by atoms with E-state index in [9.17, 15) is 9.59 Å². The summed E-state index contributed by atoms with van der Waals surface area (Å²) >= 11 is 0. The lowest BCUT2D eigenvalue weighted by molar-refractivity contribution is -0.145. The van der Waals surface area contributed by atoms with E-state index in [2.05, 4.69) is 0 Å². The third-order valence-electron chi connectivity index (χ3n) is 3.53. The van der Waals surface area contributed by atoms with Gasteiger partial charge in [-0.05, 0) is 32.6 Å². The highest BCUT2D eigenvalue weighted by Gasteiger charge is 2.35. The molecule has 0 unspecified atom stereocenters. The van der Waals surface area contributed by atoms with Crippen molar-refractivity contribution in [2.75, 3.05) is 26.7 Å². The first-order chi connectivity index (χ1) is 8.61. The second-order valence-electron chi connectivity index (χ2n) is 5.18. The molecule has 18 heavy (non-hydrogen) atoms. The van der Waals surface area contributed by atoms with Crippen LogP contribution in [0, 0.1) is 0 Å². The van der Waals surface area contributed by atoms with E-state index in [1.807, 2.05) is 16.8 Å². The topological polar surface area (TPSA) is 49.9 Å². The number of esters is 1. The molecular weight excluding hydrogens is 232 g/mol. The van der Waals surface area contributed by atoms with Gasteiger partial charge in [0.05, 0.1) is 19.7 Å². The first-order valence-electron chi connectivity index (χ1n) is 6.77. The molecule has 2 aliphatic rings. The zero-order chi connectivity index (χ0) is 13.1. The predicted molar refractivity (Wildman–Crippen MR) is 67.0 cm³/mol. The van der Waals surface area contributed by atoms with Crippen LogP contribution in [0.3, 0.4) is 0 Å². The van der Waals surface area contributed by atoms with Crippen LogP contribution in [0.1, 0.15) is 32.6 Å². The number of hydrogen-bond acceptors (Lipinski definition) is 4. The SMILES string of the molecule is CCOC(=O)CN(CC(=O)N(C)C1CC1)C1CC1. The molecular formula is C13H22N2O3. The van der Waals surface area contributed by atoms with Crippen LogP contribution in [0.4, 0.5) is 0 Å². The fourth-order valence-electron chi connectivity index (χ4n) is 2.08. The molecule has 0 aromatic rings. The number of carbonyl (C=O) groups excluding carboxylic acids is 2. The quantitative estimate of drug-likeness (QED) is 0.625. The second kappa shape index (κ2) is 5.69. The van der Waals surface area contributed by atoms with Crippen molar-refractivity contribution in [3.8, 4) is 0 Å². The van der Waals surface area contributed by atoms with Gasteiger partial charge in [-0.3, -0.25) is 14.5 Å². The van der Waals surface area contributed by atoms with Gasteiger partial charge in [0.1, 0.15) is 0 Å². The lowest BCUT2D eigenvalue weighted by Crippen LogP contribution is -2.42. The Labute approximate surface area is 108 Å². The van der Waals surface area contributed by atoms with Crippen LogP contribution in [-0.4, -0.2) is 60.5 Å². The molecule has 0 saturated heterocycles. The summed E-state index contributed by atoms with van der Waals surface area (Å²) in [5.74, 6) is -0.111. The van der Waals surface area contributed by atoms with Crippen molar-refractivity contribution in [1.29, 1.82) is 0 Å². The number of ether oxygens (including phenoxy) is 1. The monoisotopic (exact) mass is 254 g/mol. The van der Waals surface area contributed by atoms with Gasteiger partial charge in [-0.25, -0.2) is 0 Å². The van der Waals surface area contributed by atoms with Gasteiger partial charge in [0, 0.05) is 19.1 Å². The van der Waals surface area contributed by atoms with Gasteiger partial charge in [0.25, 0.3) is 0 Å².